The van der Waals surface area contributed by atoms with Crippen molar-refractivity contribution in [3.63, 3.8) is 0 Å². The topological polar surface area (TPSA) is 85.8 Å². The third-order valence-corrected chi connectivity index (χ3v) is 6.34. The minimum Gasteiger partial charge on any atom is -0.411 e. The van der Waals surface area contributed by atoms with Gasteiger partial charge in [-0.1, -0.05) is 62.9 Å². The van der Waals surface area contributed by atoms with E-state index < -0.39 is 0 Å². The summed E-state index contributed by atoms with van der Waals surface area (Å²) in [5, 5.41) is 16.3. The normalized spacial score (nSPS) is 11.6. The first-order valence-electron chi connectivity index (χ1n) is 11.2. The number of benzene rings is 2. The van der Waals surface area contributed by atoms with E-state index in [2.05, 4.69) is 53.5 Å². The van der Waals surface area contributed by atoms with Crippen LogP contribution in [0.4, 0.5) is 5.69 Å². The van der Waals surface area contributed by atoms with Crippen LogP contribution in [-0.2, 0) is 10.2 Å². The maximum Gasteiger partial charge on any atom is 0.276 e. The van der Waals surface area contributed by atoms with Crippen molar-refractivity contribution in [3.05, 3.63) is 71.5 Å². The Morgan fingerprint density at radius 1 is 1.03 bits per heavy atom. The molecule has 0 radical (unpaired) electrons. The molecule has 0 aliphatic rings. The highest BCUT2D eigenvalue weighted by atomic mass is 32.2. The van der Waals surface area contributed by atoms with E-state index in [1.54, 1.807) is 0 Å². The molecule has 2 heterocycles. The van der Waals surface area contributed by atoms with Crippen molar-refractivity contribution in [2.24, 2.45) is 0 Å². The van der Waals surface area contributed by atoms with Gasteiger partial charge in [0, 0.05) is 17.7 Å². The molecule has 0 atom stereocenters. The summed E-state index contributed by atoms with van der Waals surface area (Å²) >= 11 is 1.37. The molecule has 2 aromatic heterocycles. The van der Waals surface area contributed by atoms with E-state index in [0.717, 1.165) is 28.3 Å². The van der Waals surface area contributed by atoms with Crippen molar-refractivity contribution in [3.8, 4) is 17.1 Å². The molecule has 0 spiro atoms. The number of para-hydroxylation sites is 1. The average Bonchev–Trinajstić information content (AvgIpc) is 3.39. The fourth-order valence-corrected chi connectivity index (χ4v) is 4.27. The van der Waals surface area contributed by atoms with Gasteiger partial charge in [-0.15, -0.1) is 10.2 Å². The maximum absolute atomic E-state index is 12.6. The Bertz CT molecular complexity index is 1270. The summed E-state index contributed by atoms with van der Waals surface area (Å²) in [7, 11) is 0. The molecule has 7 nitrogen and oxygen atoms in total. The number of aryl methyl sites for hydroxylation is 1. The molecule has 0 aliphatic carbocycles. The van der Waals surface area contributed by atoms with E-state index in [1.807, 2.05) is 61.0 Å². The van der Waals surface area contributed by atoms with Crippen LogP contribution in [0.3, 0.4) is 0 Å². The molecule has 0 unspecified atom stereocenters. The second kappa shape index (κ2) is 9.85. The molecule has 0 aliphatic heterocycles. The SMILES string of the molecule is Cc1nn(-c2ccccc2)c(C)c1NC(=O)CCSc1nnc(-c2ccc(C(C)(C)C)cc2)o1. The molecule has 0 saturated carbocycles. The Hall–Kier alpha value is -3.39. The third-order valence-electron chi connectivity index (χ3n) is 5.52. The van der Waals surface area contributed by atoms with Gasteiger partial charge in [-0.25, -0.2) is 4.68 Å². The van der Waals surface area contributed by atoms with Gasteiger partial charge in [-0.2, -0.15) is 5.10 Å². The quantitative estimate of drug-likeness (QED) is 0.332. The summed E-state index contributed by atoms with van der Waals surface area (Å²) in [5.74, 6) is 0.928. The summed E-state index contributed by atoms with van der Waals surface area (Å²) in [5.41, 5.74) is 5.59. The van der Waals surface area contributed by atoms with Gasteiger partial charge < -0.3 is 9.73 Å². The van der Waals surface area contributed by atoms with Gasteiger partial charge in [-0.3, -0.25) is 4.79 Å². The van der Waals surface area contributed by atoms with Crippen molar-refractivity contribution in [1.29, 1.82) is 0 Å². The Kier molecular flexibility index (Phi) is 6.88. The summed E-state index contributed by atoms with van der Waals surface area (Å²) in [6, 6.07) is 18.0. The van der Waals surface area contributed by atoms with Crippen LogP contribution in [0.1, 0.15) is 44.1 Å². The minimum atomic E-state index is -0.0798. The van der Waals surface area contributed by atoms with Crippen molar-refractivity contribution in [1.82, 2.24) is 20.0 Å². The van der Waals surface area contributed by atoms with Crippen LogP contribution < -0.4 is 5.32 Å². The molecule has 4 rings (SSSR count). The first-order valence-corrected chi connectivity index (χ1v) is 12.2. The Balaban J connectivity index is 1.32. The molecule has 34 heavy (non-hydrogen) atoms. The second-order valence-corrected chi connectivity index (χ2v) is 10.2. The van der Waals surface area contributed by atoms with Gasteiger partial charge in [0.1, 0.15) is 0 Å². The lowest BCUT2D eigenvalue weighted by Crippen LogP contribution is -2.13. The summed E-state index contributed by atoms with van der Waals surface area (Å²) < 4.78 is 7.62. The molecule has 0 bridgehead atoms. The van der Waals surface area contributed by atoms with Crippen LogP contribution in [0.2, 0.25) is 0 Å². The Morgan fingerprint density at radius 3 is 2.41 bits per heavy atom. The van der Waals surface area contributed by atoms with Crippen molar-refractivity contribution in [2.45, 2.75) is 51.7 Å². The van der Waals surface area contributed by atoms with Crippen LogP contribution >= 0.6 is 11.8 Å². The lowest BCUT2D eigenvalue weighted by molar-refractivity contribution is -0.115. The standard InChI is InChI=1S/C26H29N5O2S/c1-17-23(18(2)31(30-17)21-9-7-6-8-10-21)27-22(32)15-16-34-25-29-28-24(33-25)19-11-13-20(14-12-19)26(3,4)5/h6-14H,15-16H2,1-5H3,(H,27,32). The van der Waals surface area contributed by atoms with Crippen molar-refractivity contribution < 1.29 is 9.21 Å². The number of anilines is 1. The van der Waals surface area contributed by atoms with Crippen LogP contribution in [0.5, 0.6) is 0 Å². The van der Waals surface area contributed by atoms with Gasteiger partial charge in [0.2, 0.25) is 11.8 Å². The molecule has 1 amide bonds. The average molecular weight is 476 g/mol. The molecule has 1 N–H and O–H groups in total. The van der Waals surface area contributed by atoms with Gasteiger partial charge >= 0.3 is 0 Å². The lowest BCUT2D eigenvalue weighted by Gasteiger charge is -2.18. The van der Waals surface area contributed by atoms with E-state index in [9.17, 15) is 4.79 Å². The van der Waals surface area contributed by atoms with Crippen molar-refractivity contribution in [2.75, 3.05) is 11.1 Å². The zero-order valence-electron chi connectivity index (χ0n) is 20.1. The maximum atomic E-state index is 12.6. The molecule has 0 saturated heterocycles. The molecule has 176 valence electrons. The molecule has 4 aromatic rings. The number of aromatic nitrogens is 4. The fraction of sp³-hybridized carbons (Fsp3) is 0.308. The highest BCUT2D eigenvalue weighted by Gasteiger charge is 2.17. The number of rotatable bonds is 7. The molecular formula is C26H29N5O2S. The van der Waals surface area contributed by atoms with Gasteiger partial charge in [0.25, 0.3) is 5.22 Å². The number of nitrogens with zero attached hydrogens (tertiary/aromatic N) is 4. The highest BCUT2D eigenvalue weighted by Crippen LogP contribution is 2.28. The number of nitrogens with one attached hydrogen (secondary N) is 1. The fourth-order valence-electron chi connectivity index (χ4n) is 3.57. The minimum absolute atomic E-state index is 0.0798. The molecule has 8 heteroatoms. The number of carbonyl (C=O) groups is 1. The number of amides is 1. The number of hydrogen-bond donors (Lipinski definition) is 1. The summed E-state index contributed by atoms with van der Waals surface area (Å²) in [6.07, 6.45) is 0.318. The lowest BCUT2D eigenvalue weighted by atomic mass is 9.87. The van der Waals surface area contributed by atoms with E-state index in [-0.39, 0.29) is 11.3 Å². The molecule has 2 aromatic carbocycles. The van der Waals surface area contributed by atoms with Crippen LogP contribution in [0.15, 0.2) is 64.2 Å². The van der Waals surface area contributed by atoms with Gasteiger partial charge in [-0.05, 0) is 49.1 Å². The second-order valence-electron chi connectivity index (χ2n) is 9.14. The first kappa shape index (κ1) is 23.8. The van der Waals surface area contributed by atoms with E-state index in [1.165, 1.54) is 17.3 Å². The van der Waals surface area contributed by atoms with E-state index in [4.69, 9.17) is 4.42 Å². The van der Waals surface area contributed by atoms with Crippen LogP contribution in [-0.4, -0.2) is 31.6 Å². The van der Waals surface area contributed by atoms with Crippen LogP contribution in [0, 0.1) is 13.8 Å². The third kappa shape index (κ3) is 5.39. The Labute approximate surface area is 204 Å². The number of hydrogen-bond acceptors (Lipinski definition) is 6. The summed E-state index contributed by atoms with van der Waals surface area (Å²) in [4.78, 5) is 12.6. The van der Waals surface area contributed by atoms with Gasteiger partial charge in [0.15, 0.2) is 0 Å². The number of thioether (sulfide) groups is 1. The zero-order chi connectivity index (χ0) is 24.3. The van der Waals surface area contributed by atoms with E-state index >= 15 is 0 Å². The number of carbonyl (C=O) groups excluding carboxylic acids is 1. The Morgan fingerprint density at radius 2 is 1.74 bits per heavy atom. The summed E-state index contributed by atoms with van der Waals surface area (Å²) in [6.45, 7) is 10.4. The van der Waals surface area contributed by atoms with Gasteiger partial charge in [0.05, 0.1) is 22.8 Å². The molecule has 0 fully saturated rings. The van der Waals surface area contributed by atoms with Crippen LogP contribution in [0.25, 0.3) is 17.1 Å². The predicted molar refractivity (Wildman–Crippen MR) is 135 cm³/mol. The highest BCUT2D eigenvalue weighted by molar-refractivity contribution is 7.99. The predicted octanol–water partition coefficient (Wildman–Crippen LogP) is 5.96. The largest absolute Gasteiger partial charge is 0.411 e. The smallest absolute Gasteiger partial charge is 0.276 e. The monoisotopic (exact) mass is 475 g/mol. The van der Waals surface area contributed by atoms with E-state index in [0.29, 0.717) is 23.3 Å². The first-order chi connectivity index (χ1) is 16.2. The van der Waals surface area contributed by atoms with Crippen molar-refractivity contribution >= 4 is 23.4 Å². The zero-order valence-corrected chi connectivity index (χ0v) is 20.9. The molecular weight excluding hydrogens is 446 g/mol.